The maximum Gasteiger partial charge on any atom is 0.318 e. The summed E-state index contributed by atoms with van der Waals surface area (Å²) in [5.41, 5.74) is 5.72. The van der Waals surface area contributed by atoms with Crippen molar-refractivity contribution in [2.24, 2.45) is 5.73 Å². The summed E-state index contributed by atoms with van der Waals surface area (Å²) in [7, 11) is 0. The monoisotopic (exact) mass is 366 g/mol. The first-order chi connectivity index (χ1) is 11.3. The number of amides is 3. The summed E-state index contributed by atoms with van der Waals surface area (Å²) in [4.78, 5) is 41.7. The molecule has 0 fully saturated rings. The van der Waals surface area contributed by atoms with Crippen LogP contribution in [0.15, 0.2) is 22.6 Å². The van der Waals surface area contributed by atoms with Crippen LogP contribution in [0.3, 0.4) is 0 Å². The molecule has 2 heterocycles. The molecule has 0 aliphatic rings. The molecule has 2 aromatic rings. The molecular weight excluding hydrogens is 348 g/mol. The number of hydrogen-bond acceptors (Lipinski definition) is 6. The van der Waals surface area contributed by atoms with E-state index in [9.17, 15) is 14.4 Å². The van der Waals surface area contributed by atoms with Crippen LogP contribution in [0.5, 0.6) is 0 Å². The second-order valence-corrected chi connectivity index (χ2v) is 7.69. The lowest BCUT2D eigenvalue weighted by molar-refractivity contribution is -0.119. The number of aromatic nitrogens is 2. The van der Waals surface area contributed by atoms with Crippen LogP contribution >= 0.6 is 23.1 Å². The molecule has 0 unspecified atom stereocenters. The Morgan fingerprint density at radius 3 is 2.75 bits per heavy atom. The molecule has 9 heteroatoms. The van der Waals surface area contributed by atoms with Gasteiger partial charge < -0.3 is 5.73 Å². The quantitative estimate of drug-likeness (QED) is 0.478. The Morgan fingerprint density at radius 2 is 2.17 bits per heavy atom. The van der Waals surface area contributed by atoms with Gasteiger partial charge in [0.25, 0.3) is 5.56 Å². The van der Waals surface area contributed by atoms with Gasteiger partial charge in [0, 0.05) is 11.4 Å². The smallest absolute Gasteiger partial charge is 0.318 e. The SMILES string of the molecule is C=CCn1c(S[C@H](C)C(=O)NC(N)=O)nc2sc(C)c(C)c2c1=O. The van der Waals surface area contributed by atoms with Crippen molar-refractivity contribution in [1.29, 1.82) is 0 Å². The topological polar surface area (TPSA) is 107 Å². The Bertz CT molecular complexity index is 885. The molecule has 3 amide bonds. The second kappa shape index (κ2) is 7.18. The molecule has 3 N–H and O–H groups in total. The van der Waals surface area contributed by atoms with Crippen molar-refractivity contribution >= 4 is 45.3 Å². The van der Waals surface area contributed by atoms with E-state index in [4.69, 9.17) is 5.73 Å². The van der Waals surface area contributed by atoms with Gasteiger partial charge >= 0.3 is 6.03 Å². The van der Waals surface area contributed by atoms with Crippen LogP contribution in [0.4, 0.5) is 4.79 Å². The van der Waals surface area contributed by atoms with Crippen LogP contribution in [0.1, 0.15) is 17.4 Å². The number of urea groups is 1. The van der Waals surface area contributed by atoms with Crippen molar-refractivity contribution in [3.63, 3.8) is 0 Å². The number of rotatable bonds is 5. The molecule has 0 aliphatic heterocycles. The Hall–Kier alpha value is -2.13. The number of thioether (sulfide) groups is 1. The van der Waals surface area contributed by atoms with Crippen molar-refractivity contribution < 1.29 is 9.59 Å². The van der Waals surface area contributed by atoms with Crippen molar-refractivity contribution in [3.8, 4) is 0 Å². The van der Waals surface area contributed by atoms with Gasteiger partial charge in [0.2, 0.25) is 5.91 Å². The number of allylic oxidation sites excluding steroid dienone is 1. The molecule has 0 saturated heterocycles. The molecule has 128 valence electrons. The van der Waals surface area contributed by atoms with E-state index in [2.05, 4.69) is 11.6 Å². The highest BCUT2D eigenvalue weighted by Gasteiger charge is 2.21. The molecule has 0 saturated carbocycles. The summed E-state index contributed by atoms with van der Waals surface area (Å²) in [6, 6.07) is -0.913. The fourth-order valence-corrected chi connectivity index (χ4v) is 4.11. The van der Waals surface area contributed by atoms with Crippen molar-refractivity contribution in [2.45, 2.75) is 37.7 Å². The molecule has 7 nitrogen and oxygen atoms in total. The number of fused-ring (bicyclic) bond motifs is 1. The number of nitrogens with zero attached hydrogens (tertiary/aromatic N) is 2. The predicted molar refractivity (Wildman–Crippen MR) is 96.6 cm³/mol. The van der Waals surface area contributed by atoms with Gasteiger partial charge in [0.1, 0.15) is 4.83 Å². The third kappa shape index (κ3) is 3.51. The van der Waals surface area contributed by atoms with Crippen LogP contribution < -0.4 is 16.6 Å². The molecule has 1 atom stereocenters. The van der Waals surface area contributed by atoms with Crippen LogP contribution in [-0.2, 0) is 11.3 Å². The lowest BCUT2D eigenvalue weighted by Crippen LogP contribution is -2.39. The van der Waals surface area contributed by atoms with E-state index in [1.807, 2.05) is 19.2 Å². The maximum absolute atomic E-state index is 12.8. The zero-order chi connectivity index (χ0) is 18.0. The van der Waals surface area contributed by atoms with E-state index in [0.29, 0.717) is 15.4 Å². The third-order valence-corrected chi connectivity index (χ3v) is 5.65. The average molecular weight is 366 g/mol. The van der Waals surface area contributed by atoms with E-state index in [0.717, 1.165) is 22.2 Å². The number of aryl methyl sites for hydroxylation is 2. The predicted octanol–water partition coefficient (Wildman–Crippen LogP) is 1.94. The summed E-state index contributed by atoms with van der Waals surface area (Å²) in [5, 5.41) is 2.39. The number of carbonyl (C=O) groups excluding carboxylic acids is 2. The van der Waals surface area contributed by atoms with Gasteiger partial charge in [0.15, 0.2) is 5.16 Å². The molecule has 0 aromatic carbocycles. The van der Waals surface area contributed by atoms with Crippen molar-refractivity contribution in [2.75, 3.05) is 0 Å². The van der Waals surface area contributed by atoms with Gasteiger partial charge in [-0.25, -0.2) is 9.78 Å². The Morgan fingerprint density at radius 1 is 1.50 bits per heavy atom. The van der Waals surface area contributed by atoms with Crippen LogP contribution in [0.25, 0.3) is 10.2 Å². The van der Waals surface area contributed by atoms with Crippen LogP contribution in [0, 0.1) is 13.8 Å². The maximum atomic E-state index is 12.8. The first-order valence-electron chi connectivity index (χ1n) is 7.14. The minimum Gasteiger partial charge on any atom is -0.351 e. The molecule has 24 heavy (non-hydrogen) atoms. The Balaban J connectivity index is 2.50. The first kappa shape index (κ1) is 18.2. The summed E-state index contributed by atoms with van der Waals surface area (Å²) >= 11 is 2.54. The lowest BCUT2D eigenvalue weighted by atomic mass is 10.2. The number of thiophene rings is 1. The average Bonchev–Trinajstić information content (AvgIpc) is 2.77. The number of hydrogen-bond donors (Lipinski definition) is 2. The van der Waals surface area contributed by atoms with Gasteiger partial charge in [0.05, 0.1) is 10.6 Å². The molecule has 0 radical (unpaired) electrons. The van der Waals surface area contributed by atoms with E-state index in [1.165, 1.54) is 15.9 Å². The fourth-order valence-electron chi connectivity index (χ4n) is 2.12. The van der Waals surface area contributed by atoms with E-state index >= 15 is 0 Å². The second-order valence-electron chi connectivity index (χ2n) is 5.18. The number of primary amides is 1. The highest BCUT2D eigenvalue weighted by atomic mass is 32.2. The molecule has 0 bridgehead atoms. The molecular formula is C15H18N4O3S2. The van der Waals surface area contributed by atoms with Crippen molar-refractivity contribution in [3.05, 3.63) is 33.4 Å². The zero-order valence-corrected chi connectivity index (χ0v) is 15.2. The standard InChI is InChI=1S/C15H18N4O3S2/c1-5-6-19-13(21)10-7(2)8(3)23-12(10)18-15(19)24-9(4)11(20)17-14(16)22/h5,9H,1,6H2,2-4H3,(H3,16,17,20,22)/t9-/m1/s1. The number of imide groups is 1. The van der Waals surface area contributed by atoms with Gasteiger partial charge in [-0.15, -0.1) is 17.9 Å². The Labute approximate surface area is 146 Å². The third-order valence-electron chi connectivity index (χ3n) is 3.46. The largest absolute Gasteiger partial charge is 0.351 e. The molecule has 2 rings (SSSR count). The van der Waals surface area contributed by atoms with Crippen molar-refractivity contribution in [1.82, 2.24) is 14.9 Å². The number of nitrogens with one attached hydrogen (secondary N) is 1. The summed E-state index contributed by atoms with van der Waals surface area (Å²) in [6.07, 6.45) is 1.60. The summed E-state index contributed by atoms with van der Waals surface area (Å²) < 4.78 is 1.48. The Kier molecular flexibility index (Phi) is 5.45. The normalized spacial score (nSPS) is 12.1. The number of carbonyl (C=O) groups is 2. The minimum absolute atomic E-state index is 0.160. The van der Waals surface area contributed by atoms with E-state index in [-0.39, 0.29) is 12.1 Å². The fraction of sp³-hybridized carbons (Fsp3) is 0.333. The highest BCUT2D eigenvalue weighted by Crippen LogP contribution is 2.29. The van der Waals surface area contributed by atoms with Crippen LogP contribution in [0.2, 0.25) is 0 Å². The zero-order valence-electron chi connectivity index (χ0n) is 13.6. The molecule has 2 aromatic heterocycles. The van der Waals surface area contributed by atoms with Gasteiger partial charge in [-0.05, 0) is 26.3 Å². The summed E-state index contributed by atoms with van der Waals surface area (Å²) in [5.74, 6) is -0.537. The molecule has 0 aliphatic carbocycles. The first-order valence-corrected chi connectivity index (χ1v) is 8.84. The van der Waals surface area contributed by atoms with E-state index in [1.54, 1.807) is 13.0 Å². The summed E-state index contributed by atoms with van der Waals surface area (Å²) in [6.45, 7) is 9.39. The van der Waals surface area contributed by atoms with Gasteiger partial charge in [-0.2, -0.15) is 0 Å². The lowest BCUT2D eigenvalue weighted by Gasteiger charge is -2.14. The van der Waals surface area contributed by atoms with Crippen LogP contribution in [-0.4, -0.2) is 26.7 Å². The highest BCUT2D eigenvalue weighted by molar-refractivity contribution is 8.00. The van der Waals surface area contributed by atoms with Gasteiger partial charge in [-0.1, -0.05) is 17.8 Å². The number of nitrogens with two attached hydrogens (primary N) is 1. The van der Waals surface area contributed by atoms with Gasteiger partial charge in [-0.3, -0.25) is 19.5 Å². The van der Waals surface area contributed by atoms with E-state index < -0.39 is 17.2 Å². The minimum atomic E-state index is -0.913. The molecule has 0 spiro atoms.